The first-order valence-electron chi connectivity index (χ1n) is 6.16. The third kappa shape index (κ3) is 4.43. The summed E-state index contributed by atoms with van der Waals surface area (Å²) < 4.78 is 26.1. The van der Waals surface area contributed by atoms with Gasteiger partial charge in [-0.15, -0.1) is 0 Å². The molecule has 0 radical (unpaired) electrons. The minimum atomic E-state index is -0.844. The van der Waals surface area contributed by atoms with Crippen LogP contribution in [-0.4, -0.2) is 10.7 Å². The second-order valence-corrected chi connectivity index (χ2v) is 4.68. The van der Waals surface area contributed by atoms with E-state index < -0.39 is 17.2 Å². The molecule has 0 unspecified atom stereocenters. The van der Waals surface area contributed by atoms with E-state index in [1.807, 2.05) is 13.8 Å². The van der Waals surface area contributed by atoms with Gasteiger partial charge in [-0.3, -0.25) is 0 Å². The summed E-state index contributed by atoms with van der Waals surface area (Å²) >= 11 is 0. The molecule has 0 heterocycles. The highest BCUT2D eigenvalue weighted by atomic mass is 19.1. The molecule has 0 spiro atoms. The first-order chi connectivity index (χ1) is 7.99. The predicted molar refractivity (Wildman–Crippen MR) is 64.8 cm³/mol. The zero-order valence-electron chi connectivity index (χ0n) is 10.5. The smallest absolute Gasteiger partial charge is 0.126 e. The van der Waals surface area contributed by atoms with Crippen molar-refractivity contribution in [2.24, 2.45) is 0 Å². The zero-order valence-corrected chi connectivity index (χ0v) is 10.5. The van der Waals surface area contributed by atoms with E-state index in [1.165, 1.54) is 12.1 Å². The Morgan fingerprint density at radius 3 is 1.88 bits per heavy atom. The Labute approximate surface area is 101 Å². The second kappa shape index (κ2) is 6.10. The molecular weight excluding hydrogens is 222 g/mol. The highest BCUT2D eigenvalue weighted by Gasteiger charge is 2.25. The summed E-state index contributed by atoms with van der Waals surface area (Å²) in [6, 6.07) is 3.43. The van der Waals surface area contributed by atoms with Gasteiger partial charge in [0.25, 0.3) is 0 Å². The van der Waals surface area contributed by atoms with Crippen LogP contribution in [0.25, 0.3) is 0 Å². The molecule has 3 heteroatoms. The van der Waals surface area contributed by atoms with Crippen molar-refractivity contribution in [2.75, 3.05) is 0 Å². The van der Waals surface area contributed by atoms with Crippen LogP contribution in [0, 0.1) is 11.6 Å². The number of hydrogen-bond acceptors (Lipinski definition) is 1. The van der Waals surface area contributed by atoms with Crippen LogP contribution in [0.2, 0.25) is 0 Å². The molecule has 0 saturated carbocycles. The molecule has 0 aliphatic heterocycles. The Hall–Kier alpha value is -0.960. The van der Waals surface area contributed by atoms with Crippen molar-refractivity contribution in [2.45, 2.75) is 51.6 Å². The maximum absolute atomic E-state index is 13.1. The third-order valence-corrected chi connectivity index (χ3v) is 2.89. The minimum Gasteiger partial charge on any atom is -0.390 e. The van der Waals surface area contributed by atoms with Gasteiger partial charge in [-0.25, -0.2) is 8.78 Å². The van der Waals surface area contributed by atoms with E-state index in [4.69, 9.17) is 0 Å². The quantitative estimate of drug-likeness (QED) is 0.803. The highest BCUT2D eigenvalue weighted by molar-refractivity contribution is 5.19. The Bertz CT molecular complexity index is 337. The molecule has 96 valence electrons. The Kier molecular flexibility index (Phi) is 5.06. The average Bonchev–Trinajstić information content (AvgIpc) is 2.15. The summed E-state index contributed by atoms with van der Waals surface area (Å²) in [5.74, 6) is -1.18. The molecule has 0 aliphatic rings. The van der Waals surface area contributed by atoms with Crippen LogP contribution in [0.4, 0.5) is 8.78 Å². The van der Waals surface area contributed by atoms with E-state index in [0.29, 0.717) is 24.8 Å². The van der Waals surface area contributed by atoms with Gasteiger partial charge >= 0.3 is 0 Å². The standard InChI is InChI=1S/C14H20F2O/c1-3-5-14(17,6-4-2)10-11-7-12(15)9-13(16)8-11/h7-9,17H,3-6,10H2,1-2H3. The van der Waals surface area contributed by atoms with Crippen LogP contribution in [0.15, 0.2) is 18.2 Å². The zero-order chi connectivity index (χ0) is 12.9. The molecule has 0 amide bonds. The van der Waals surface area contributed by atoms with Crippen molar-refractivity contribution in [3.63, 3.8) is 0 Å². The maximum atomic E-state index is 13.1. The van der Waals surface area contributed by atoms with Gasteiger partial charge in [0, 0.05) is 12.5 Å². The van der Waals surface area contributed by atoms with Crippen LogP contribution < -0.4 is 0 Å². The van der Waals surface area contributed by atoms with Crippen LogP contribution in [0.1, 0.15) is 45.1 Å². The second-order valence-electron chi connectivity index (χ2n) is 4.68. The SMILES string of the molecule is CCCC(O)(CCC)Cc1cc(F)cc(F)c1. The Balaban J connectivity index is 2.85. The monoisotopic (exact) mass is 242 g/mol. The molecule has 1 N–H and O–H groups in total. The molecular formula is C14H20F2O. The van der Waals surface area contributed by atoms with Gasteiger partial charge in [-0.1, -0.05) is 26.7 Å². The van der Waals surface area contributed by atoms with Crippen LogP contribution in [-0.2, 0) is 6.42 Å². The number of halogens is 2. The van der Waals surface area contributed by atoms with Crippen molar-refractivity contribution in [3.05, 3.63) is 35.4 Å². The van der Waals surface area contributed by atoms with Crippen molar-refractivity contribution >= 4 is 0 Å². The van der Waals surface area contributed by atoms with Crippen LogP contribution in [0.3, 0.4) is 0 Å². The summed E-state index contributed by atoms with van der Waals surface area (Å²) in [5.41, 5.74) is -0.323. The molecule has 0 aliphatic carbocycles. The fraction of sp³-hybridized carbons (Fsp3) is 0.571. The van der Waals surface area contributed by atoms with Crippen molar-refractivity contribution in [3.8, 4) is 0 Å². The summed E-state index contributed by atoms with van der Waals surface area (Å²) in [7, 11) is 0. The minimum absolute atomic E-state index is 0.309. The van der Waals surface area contributed by atoms with Crippen molar-refractivity contribution in [1.82, 2.24) is 0 Å². The van der Waals surface area contributed by atoms with Gasteiger partial charge in [-0.2, -0.15) is 0 Å². The molecule has 0 atom stereocenters. The Morgan fingerprint density at radius 1 is 1.00 bits per heavy atom. The van der Waals surface area contributed by atoms with Crippen LogP contribution >= 0.6 is 0 Å². The molecule has 1 aromatic rings. The normalized spacial score (nSPS) is 11.8. The molecule has 0 fully saturated rings. The van der Waals surface area contributed by atoms with E-state index in [9.17, 15) is 13.9 Å². The number of hydrogen-bond donors (Lipinski definition) is 1. The van der Waals surface area contributed by atoms with E-state index in [-0.39, 0.29) is 0 Å². The molecule has 17 heavy (non-hydrogen) atoms. The lowest BCUT2D eigenvalue weighted by Gasteiger charge is -2.27. The molecule has 1 nitrogen and oxygen atoms in total. The summed E-state index contributed by atoms with van der Waals surface area (Å²) in [5, 5.41) is 10.4. The average molecular weight is 242 g/mol. The van der Waals surface area contributed by atoms with Gasteiger partial charge in [-0.05, 0) is 30.5 Å². The molecule has 0 aromatic heterocycles. The highest BCUT2D eigenvalue weighted by Crippen LogP contribution is 2.25. The summed E-state index contributed by atoms with van der Waals surface area (Å²) in [4.78, 5) is 0. The largest absolute Gasteiger partial charge is 0.390 e. The molecule has 0 saturated heterocycles. The molecule has 0 bridgehead atoms. The summed E-state index contributed by atoms with van der Waals surface area (Å²) in [6.45, 7) is 3.99. The van der Waals surface area contributed by atoms with Crippen molar-refractivity contribution in [1.29, 1.82) is 0 Å². The topological polar surface area (TPSA) is 20.2 Å². The number of rotatable bonds is 6. The molecule has 1 rings (SSSR count). The van der Waals surface area contributed by atoms with E-state index in [0.717, 1.165) is 18.9 Å². The van der Waals surface area contributed by atoms with E-state index >= 15 is 0 Å². The number of benzene rings is 1. The van der Waals surface area contributed by atoms with Gasteiger partial charge < -0.3 is 5.11 Å². The lowest BCUT2D eigenvalue weighted by molar-refractivity contribution is 0.0215. The predicted octanol–water partition coefficient (Wildman–Crippen LogP) is 3.84. The van der Waals surface area contributed by atoms with E-state index in [2.05, 4.69) is 0 Å². The van der Waals surface area contributed by atoms with E-state index in [1.54, 1.807) is 0 Å². The fourth-order valence-electron chi connectivity index (χ4n) is 2.33. The number of aliphatic hydroxyl groups is 1. The fourth-order valence-corrected chi connectivity index (χ4v) is 2.33. The lowest BCUT2D eigenvalue weighted by Crippen LogP contribution is -2.31. The third-order valence-electron chi connectivity index (χ3n) is 2.89. The maximum Gasteiger partial charge on any atom is 0.126 e. The lowest BCUT2D eigenvalue weighted by atomic mass is 9.86. The van der Waals surface area contributed by atoms with Gasteiger partial charge in [0.15, 0.2) is 0 Å². The van der Waals surface area contributed by atoms with Gasteiger partial charge in [0.05, 0.1) is 5.60 Å². The first-order valence-corrected chi connectivity index (χ1v) is 6.16. The van der Waals surface area contributed by atoms with Crippen molar-refractivity contribution < 1.29 is 13.9 Å². The van der Waals surface area contributed by atoms with Crippen LogP contribution in [0.5, 0.6) is 0 Å². The Morgan fingerprint density at radius 2 is 1.47 bits per heavy atom. The first kappa shape index (κ1) is 14.1. The summed E-state index contributed by atoms with van der Waals surface area (Å²) in [6.07, 6.45) is 3.32. The van der Waals surface area contributed by atoms with Gasteiger partial charge in [0.1, 0.15) is 11.6 Å². The molecule has 1 aromatic carbocycles. The van der Waals surface area contributed by atoms with Gasteiger partial charge in [0.2, 0.25) is 0 Å².